The van der Waals surface area contributed by atoms with Crippen molar-refractivity contribution in [1.82, 2.24) is 4.57 Å². The molecule has 1 aliphatic heterocycles. The molecule has 3 N–H and O–H groups in total. The normalized spacial score (nSPS) is 11.9. The first-order chi connectivity index (χ1) is 11.4. The zero-order valence-corrected chi connectivity index (χ0v) is 12.5. The van der Waals surface area contributed by atoms with E-state index in [0.717, 1.165) is 6.07 Å². The van der Waals surface area contributed by atoms with E-state index in [1.165, 1.54) is 17.7 Å². The highest BCUT2D eigenvalue weighted by atomic mass is 19.1. The number of benzene rings is 2. The van der Waals surface area contributed by atoms with Crippen LogP contribution in [0.1, 0.15) is 15.9 Å². The maximum absolute atomic E-state index is 14.2. The molecule has 2 heterocycles. The van der Waals surface area contributed by atoms with Gasteiger partial charge in [0, 0.05) is 23.5 Å². The number of halogens is 1. The summed E-state index contributed by atoms with van der Waals surface area (Å²) in [4.78, 5) is 23.8. The van der Waals surface area contributed by atoms with Crippen LogP contribution in [0.25, 0.3) is 16.6 Å². The molecule has 0 saturated carbocycles. The molecule has 0 bridgehead atoms. The van der Waals surface area contributed by atoms with Crippen LogP contribution >= 0.6 is 0 Å². The number of hydrogen-bond donors (Lipinski definition) is 2. The molecule has 0 amide bonds. The largest absolute Gasteiger partial charge is 0.477 e. The molecule has 1 aliphatic rings. The van der Waals surface area contributed by atoms with Crippen molar-refractivity contribution >= 4 is 22.6 Å². The number of carbonyl (C=O) groups is 1. The van der Waals surface area contributed by atoms with E-state index >= 15 is 0 Å². The van der Waals surface area contributed by atoms with Crippen LogP contribution in [-0.4, -0.2) is 15.6 Å². The van der Waals surface area contributed by atoms with Gasteiger partial charge in [-0.25, -0.2) is 9.18 Å². The molecule has 24 heavy (non-hydrogen) atoms. The first-order valence-corrected chi connectivity index (χ1v) is 7.08. The Balaban J connectivity index is 2.26. The van der Waals surface area contributed by atoms with Crippen molar-refractivity contribution in [2.75, 3.05) is 5.73 Å². The number of ether oxygens (including phenoxy) is 1. The topological polar surface area (TPSA) is 94.5 Å². The Kier molecular flexibility index (Phi) is 2.72. The molecule has 0 atom stereocenters. The van der Waals surface area contributed by atoms with Gasteiger partial charge in [-0.2, -0.15) is 0 Å². The van der Waals surface area contributed by atoms with Crippen molar-refractivity contribution in [1.29, 1.82) is 0 Å². The molecule has 1 aromatic heterocycles. The number of nitrogen functional groups attached to an aromatic ring is 1. The number of nitrogens with two attached hydrogens (primary N) is 1. The predicted octanol–water partition coefficient (Wildman–Crippen LogP) is 2.82. The van der Waals surface area contributed by atoms with E-state index in [0.29, 0.717) is 22.6 Å². The number of anilines is 1. The SMILES string of the molecule is Cc1c(F)cc2c(=O)c(C(=O)O)cn3c2c1Oc1cc(N)ccc1-3. The summed E-state index contributed by atoms with van der Waals surface area (Å²) in [7, 11) is 0. The van der Waals surface area contributed by atoms with E-state index in [1.807, 2.05) is 0 Å². The summed E-state index contributed by atoms with van der Waals surface area (Å²) in [5, 5.41) is 9.24. The van der Waals surface area contributed by atoms with E-state index < -0.39 is 22.8 Å². The van der Waals surface area contributed by atoms with Crippen molar-refractivity contribution in [2.24, 2.45) is 0 Å². The summed E-state index contributed by atoms with van der Waals surface area (Å²) in [6.07, 6.45) is 1.23. The second-order valence-corrected chi connectivity index (χ2v) is 5.58. The smallest absolute Gasteiger partial charge is 0.341 e. The van der Waals surface area contributed by atoms with Gasteiger partial charge in [-0.15, -0.1) is 0 Å². The van der Waals surface area contributed by atoms with Gasteiger partial charge in [0.05, 0.1) is 11.1 Å². The standard InChI is InChI=1S/C17H11FN2O4/c1-7-11(18)5-9-14-16(7)24-13-4-8(19)2-3-12(13)20(14)6-10(15(9)21)17(22)23/h2-6H,19H2,1H3,(H,22,23). The third-order valence-electron chi connectivity index (χ3n) is 4.11. The number of carboxylic acid groups (broad SMARTS) is 1. The molecule has 0 unspecified atom stereocenters. The number of pyridine rings is 1. The Labute approximate surface area is 134 Å². The summed E-state index contributed by atoms with van der Waals surface area (Å²) < 4.78 is 21.5. The summed E-state index contributed by atoms with van der Waals surface area (Å²) >= 11 is 0. The number of rotatable bonds is 1. The average molecular weight is 326 g/mol. The highest BCUT2D eigenvalue weighted by molar-refractivity contribution is 5.96. The average Bonchev–Trinajstić information content (AvgIpc) is 2.53. The number of carboxylic acids is 1. The van der Waals surface area contributed by atoms with Crippen molar-refractivity contribution in [2.45, 2.75) is 6.92 Å². The minimum absolute atomic E-state index is 0.0459. The second kappa shape index (κ2) is 4.58. The van der Waals surface area contributed by atoms with E-state index in [1.54, 1.807) is 18.2 Å². The first-order valence-electron chi connectivity index (χ1n) is 7.08. The summed E-state index contributed by atoms with van der Waals surface area (Å²) in [5.41, 5.74) is 6.10. The Bertz CT molecular complexity index is 1120. The lowest BCUT2D eigenvalue weighted by molar-refractivity contribution is 0.0695. The Morgan fingerprint density at radius 3 is 2.79 bits per heavy atom. The van der Waals surface area contributed by atoms with Crippen LogP contribution in [0.2, 0.25) is 0 Å². The zero-order valence-electron chi connectivity index (χ0n) is 12.5. The first kappa shape index (κ1) is 14.3. The van der Waals surface area contributed by atoms with E-state index in [2.05, 4.69) is 0 Å². The predicted molar refractivity (Wildman–Crippen MR) is 85.7 cm³/mol. The van der Waals surface area contributed by atoms with Crippen LogP contribution in [0.5, 0.6) is 11.5 Å². The van der Waals surface area contributed by atoms with Crippen LogP contribution in [0.3, 0.4) is 0 Å². The van der Waals surface area contributed by atoms with E-state index in [4.69, 9.17) is 10.5 Å². The lowest BCUT2D eigenvalue weighted by Gasteiger charge is -2.25. The molecular weight excluding hydrogens is 315 g/mol. The molecule has 0 radical (unpaired) electrons. The fourth-order valence-corrected chi connectivity index (χ4v) is 2.91. The van der Waals surface area contributed by atoms with Gasteiger partial charge in [-0.1, -0.05) is 0 Å². The Hall–Kier alpha value is -3.35. The summed E-state index contributed by atoms with van der Waals surface area (Å²) in [5.74, 6) is -1.48. The fourth-order valence-electron chi connectivity index (χ4n) is 2.91. The minimum Gasteiger partial charge on any atom is -0.477 e. The number of aromatic nitrogens is 1. The van der Waals surface area contributed by atoms with Gasteiger partial charge in [-0.3, -0.25) is 4.79 Å². The maximum Gasteiger partial charge on any atom is 0.341 e. The summed E-state index contributed by atoms with van der Waals surface area (Å²) in [6, 6.07) is 5.90. The van der Waals surface area contributed by atoms with Gasteiger partial charge < -0.3 is 20.1 Å². The maximum atomic E-state index is 14.2. The molecule has 2 aromatic carbocycles. The van der Waals surface area contributed by atoms with Crippen molar-refractivity contribution in [3.05, 3.63) is 57.6 Å². The molecule has 7 heteroatoms. The van der Waals surface area contributed by atoms with Crippen molar-refractivity contribution in [3.63, 3.8) is 0 Å². The van der Waals surface area contributed by atoms with Gasteiger partial charge >= 0.3 is 5.97 Å². The molecule has 0 spiro atoms. The highest BCUT2D eigenvalue weighted by Gasteiger charge is 2.26. The van der Waals surface area contributed by atoms with E-state index in [-0.39, 0.29) is 16.7 Å². The lowest BCUT2D eigenvalue weighted by Crippen LogP contribution is -2.21. The molecule has 3 aromatic rings. The monoisotopic (exact) mass is 326 g/mol. The third kappa shape index (κ3) is 1.75. The van der Waals surface area contributed by atoms with Gasteiger partial charge in [0.25, 0.3) is 0 Å². The van der Waals surface area contributed by atoms with Crippen LogP contribution in [0.4, 0.5) is 10.1 Å². The van der Waals surface area contributed by atoms with Gasteiger partial charge in [0.2, 0.25) is 5.43 Å². The molecular formula is C17H11FN2O4. The fraction of sp³-hybridized carbons (Fsp3) is 0.0588. The Morgan fingerprint density at radius 1 is 1.33 bits per heavy atom. The molecule has 6 nitrogen and oxygen atoms in total. The minimum atomic E-state index is -1.38. The zero-order chi connectivity index (χ0) is 17.2. The van der Waals surface area contributed by atoms with E-state index in [9.17, 15) is 19.1 Å². The molecule has 120 valence electrons. The van der Waals surface area contributed by atoms with Gasteiger partial charge in [0.1, 0.15) is 16.9 Å². The quantitative estimate of drug-likeness (QED) is 0.525. The lowest BCUT2D eigenvalue weighted by atomic mass is 10.0. The van der Waals surface area contributed by atoms with Crippen LogP contribution in [0.15, 0.2) is 35.3 Å². The molecule has 0 saturated heterocycles. The molecule has 0 fully saturated rings. The van der Waals surface area contributed by atoms with Gasteiger partial charge in [-0.05, 0) is 25.1 Å². The molecule has 4 rings (SSSR count). The van der Waals surface area contributed by atoms with Crippen molar-refractivity contribution in [3.8, 4) is 17.2 Å². The number of fused-ring (bicyclic) bond motifs is 2. The van der Waals surface area contributed by atoms with Crippen molar-refractivity contribution < 1.29 is 19.0 Å². The highest BCUT2D eigenvalue weighted by Crippen LogP contribution is 2.42. The van der Waals surface area contributed by atoms with Crippen LogP contribution in [-0.2, 0) is 0 Å². The number of nitrogens with zero attached hydrogens (tertiary/aromatic N) is 1. The Morgan fingerprint density at radius 2 is 2.08 bits per heavy atom. The summed E-state index contributed by atoms with van der Waals surface area (Å²) in [6.45, 7) is 1.53. The molecule has 0 aliphatic carbocycles. The number of hydrogen-bond acceptors (Lipinski definition) is 4. The third-order valence-corrected chi connectivity index (χ3v) is 4.11. The number of aromatic carboxylic acids is 1. The van der Waals surface area contributed by atoms with Gasteiger partial charge in [0.15, 0.2) is 11.5 Å². The van der Waals surface area contributed by atoms with Crippen LogP contribution < -0.4 is 15.9 Å². The van der Waals surface area contributed by atoms with Crippen LogP contribution in [0, 0.1) is 12.7 Å². The second-order valence-electron chi connectivity index (χ2n) is 5.58.